The van der Waals surface area contributed by atoms with Crippen LogP contribution in [0.1, 0.15) is 46.1 Å². The van der Waals surface area contributed by atoms with E-state index in [0.29, 0.717) is 31.6 Å². The van der Waals surface area contributed by atoms with Gasteiger partial charge >= 0.3 is 0 Å². The minimum atomic E-state index is -1.26. The highest BCUT2D eigenvalue weighted by Gasteiger charge is 2.80. The van der Waals surface area contributed by atoms with E-state index in [9.17, 15) is 9.90 Å². The Labute approximate surface area is 290 Å². The van der Waals surface area contributed by atoms with Gasteiger partial charge in [0.05, 0.1) is 30.1 Å². The van der Waals surface area contributed by atoms with Crippen LogP contribution in [0, 0.1) is 23.7 Å². The van der Waals surface area contributed by atoms with Crippen LogP contribution in [0.25, 0.3) is 10.8 Å². The molecule has 3 aromatic carbocycles. The first-order chi connectivity index (χ1) is 23.6. The SMILES string of the molecule is C=CCN(Cc1ccccc1)C(=O)[C@H]1[C@H]2C(=O)N([C@@H](CO)[C@@H](C)CC)C(C(=O)N(CC=C)c3ccc4ccccc4c3)C23CC(C)[C@]1(C)O3. The first-order valence-corrected chi connectivity index (χ1v) is 17.5. The molecule has 3 amide bonds. The van der Waals surface area contributed by atoms with Crippen LogP contribution in [0.5, 0.6) is 0 Å². The Morgan fingerprint density at radius 2 is 1.69 bits per heavy atom. The zero-order valence-corrected chi connectivity index (χ0v) is 29.1. The average molecular weight is 664 g/mol. The standard InChI is InChI=1S/C41H49N3O5/c1-7-21-42(25-29-15-11-10-12-16-29)37(46)34-35-38(47)44(33(26-45)27(4)9-3)36(41(35)24-28(5)40(34,6)49-41)39(48)43(22-8-2)32-20-19-30-17-13-14-18-31(30)23-32/h7-8,10-20,23,27-28,33-36,45H,1-2,9,21-22,24-26H2,3-6H3/t27-,28?,33-,34+,35-,36?,40-,41?/m0/s1. The Morgan fingerprint density at radius 3 is 2.35 bits per heavy atom. The number of benzene rings is 3. The molecule has 3 aromatic rings. The molecule has 2 bridgehead atoms. The lowest BCUT2D eigenvalue weighted by atomic mass is 9.62. The van der Waals surface area contributed by atoms with Gasteiger partial charge in [-0.15, -0.1) is 13.2 Å². The van der Waals surface area contributed by atoms with E-state index < -0.39 is 35.1 Å². The molecule has 0 aliphatic carbocycles. The zero-order valence-electron chi connectivity index (χ0n) is 29.1. The van der Waals surface area contributed by atoms with Crippen molar-refractivity contribution in [1.29, 1.82) is 0 Å². The van der Waals surface area contributed by atoms with E-state index in [2.05, 4.69) is 20.1 Å². The summed E-state index contributed by atoms with van der Waals surface area (Å²) < 4.78 is 7.08. The third-order valence-electron chi connectivity index (χ3n) is 11.6. The van der Waals surface area contributed by atoms with Crippen LogP contribution >= 0.6 is 0 Å². The molecule has 3 fully saturated rings. The summed E-state index contributed by atoms with van der Waals surface area (Å²) in [5.41, 5.74) is -0.587. The smallest absolute Gasteiger partial charge is 0.253 e. The van der Waals surface area contributed by atoms with E-state index in [1.807, 2.05) is 93.6 Å². The highest BCUT2D eigenvalue weighted by Crippen LogP contribution is 2.66. The number of aliphatic hydroxyl groups excluding tert-OH is 1. The fraction of sp³-hybridized carbons (Fsp3) is 0.439. The molecule has 3 heterocycles. The number of carbonyl (C=O) groups excluding carboxylic acids is 3. The fourth-order valence-electron chi connectivity index (χ4n) is 8.84. The van der Waals surface area contributed by atoms with Crippen LogP contribution in [0.2, 0.25) is 0 Å². The molecular formula is C41H49N3O5. The number of hydrogen-bond donors (Lipinski definition) is 1. The van der Waals surface area contributed by atoms with E-state index >= 15 is 9.59 Å². The van der Waals surface area contributed by atoms with Crippen molar-refractivity contribution < 1.29 is 24.2 Å². The first-order valence-electron chi connectivity index (χ1n) is 17.5. The molecule has 258 valence electrons. The molecule has 0 aromatic heterocycles. The van der Waals surface area contributed by atoms with Crippen LogP contribution in [0.15, 0.2) is 98.1 Å². The number of amides is 3. The second-order valence-corrected chi connectivity index (χ2v) is 14.3. The first kappa shape index (κ1) is 34.6. The van der Waals surface area contributed by atoms with Gasteiger partial charge in [-0.1, -0.05) is 100 Å². The summed E-state index contributed by atoms with van der Waals surface area (Å²) in [6, 6.07) is 21.9. The van der Waals surface area contributed by atoms with Crippen LogP contribution in [0.3, 0.4) is 0 Å². The molecule has 3 aliphatic heterocycles. The molecule has 8 atom stereocenters. The minimum Gasteiger partial charge on any atom is -0.394 e. The summed E-state index contributed by atoms with van der Waals surface area (Å²) in [4.78, 5) is 50.2. The molecule has 8 heteroatoms. The van der Waals surface area contributed by atoms with Crippen LogP contribution in [0.4, 0.5) is 5.69 Å². The summed E-state index contributed by atoms with van der Waals surface area (Å²) in [7, 11) is 0. The third-order valence-corrected chi connectivity index (χ3v) is 11.6. The summed E-state index contributed by atoms with van der Waals surface area (Å²) in [5.74, 6) is -2.73. The summed E-state index contributed by atoms with van der Waals surface area (Å²) >= 11 is 0. The van der Waals surface area contributed by atoms with Gasteiger partial charge in [-0.3, -0.25) is 14.4 Å². The molecule has 3 saturated heterocycles. The number of carbonyl (C=O) groups is 3. The number of ether oxygens (including phenoxy) is 1. The molecule has 1 spiro atoms. The van der Waals surface area contributed by atoms with Crippen molar-refractivity contribution in [1.82, 2.24) is 9.80 Å². The Kier molecular flexibility index (Phi) is 9.57. The zero-order chi connectivity index (χ0) is 35.1. The van der Waals surface area contributed by atoms with Crippen molar-refractivity contribution in [2.24, 2.45) is 23.7 Å². The third kappa shape index (κ3) is 5.59. The number of anilines is 1. The van der Waals surface area contributed by atoms with Crippen molar-refractivity contribution in [3.63, 3.8) is 0 Å². The lowest BCUT2D eigenvalue weighted by Crippen LogP contribution is -2.60. The molecule has 3 aliphatic rings. The molecule has 1 N–H and O–H groups in total. The van der Waals surface area contributed by atoms with E-state index in [0.717, 1.165) is 16.3 Å². The number of hydrogen-bond acceptors (Lipinski definition) is 5. The monoisotopic (exact) mass is 663 g/mol. The van der Waals surface area contributed by atoms with Crippen molar-refractivity contribution in [2.45, 2.75) is 70.4 Å². The number of nitrogens with zero attached hydrogens (tertiary/aromatic N) is 3. The predicted octanol–water partition coefficient (Wildman–Crippen LogP) is 5.99. The van der Waals surface area contributed by atoms with Crippen molar-refractivity contribution in [3.8, 4) is 0 Å². The largest absolute Gasteiger partial charge is 0.394 e. The molecule has 3 unspecified atom stereocenters. The second kappa shape index (κ2) is 13.6. The maximum atomic E-state index is 15.3. The normalized spacial score (nSPS) is 28.3. The Morgan fingerprint density at radius 1 is 1.02 bits per heavy atom. The van der Waals surface area contributed by atoms with Crippen molar-refractivity contribution in [2.75, 3.05) is 24.6 Å². The molecule has 6 rings (SSSR count). The Balaban J connectivity index is 1.48. The highest BCUT2D eigenvalue weighted by atomic mass is 16.5. The fourth-order valence-corrected chi connectivity index (χ4v) is 8.84. The van der Waals surface area contributed by atoms with Gasteiger partial charge in [0.1, 0.15) is 11.6 Å². The van der Waals surface area contributed by atoms with Gasteiger partial charge in [0.25, 0.3) is 5.91 Å². The highest BCUT2D eigenvalue weighted by molar-refractivity contribution is 6.06. The van der Waals surface area contributed by atoms with E-state index in [4.69, 9.17) is 4.74 Å². The Bertz CT molecular complexity index is 1740. The van der Waals surface area contributed by atoms with Crippen LogP contribution in [-0.2, 0) is 25.7 Å². The van der Waals surface area contributed by atoms with Gasteiger partial charge in [0, 0.05) is 25.3 Å². The molecule has 0 saturated carbocycles. The summed E-state index contributed by atoms with van der Waals surface area (Å²) in [6.07, 6.45) is 4.51. The number of fused-ring (bicyclic) bond motifs is 2. The molecular weight excluding hydrogens is 614 g/mol. The van der Waals surface area contributed by atoms with E-state index in [-0.39, 0.29) is 42.7 Å². The molecule has 8 nitrogen and oxygen atoms in total. The number of aliphatic hydroxyl groups is 1. The summed E-state index contributed by atoms with van der Waals surface area (Å²) in [6.45, 7) is 16.4. The van der Waals surface area contributed by atoms with Gasteiger partial charge in [-0.25, -0.2) is 0 Å². The average Bonchev–Trinajstić information content (AvgIpc) is 3.63. The Hall–Kier alpha value is -4.27. The van der Waals surface area contributed by atoms with Crippen LogP contribution in [-0.4, -0.2) is 75.6 Å². The van der Waals surface area contributed by atoms with Crippen molar-refractivity contribution >= 4 is 34.2 Å². The topological polar surface area (TPSA) is 90.4 Å². The van der Waals surface area contributed by atoms with Gasteiger partial charge < -0.3 is 24.5 Å². The maximum Gasteiger partial charge on any atom is 0.253 e. The van der Waals surface area contributed by atoms with Crippen LogP contribution < -0.4 is 4.90 Å². The van der Waals surface area contributed by atoms with Gasteiger partial charge in [0.15, 0.2) is 0 Å². The van der Waals surface area contributed by atoms with Crippen molar-refractivity contribution in [3.05, 3.63) is 104 Å². The lowest BCUT2D eigenvalue weighted by molar-refractivity contribution is -0.155. The predicted molar refractivity (Wildman–Crippen MR) is 192 cm³/mol. The summed E-state index contributed by atoms with van der Waals surface area (Å²) in [5, 5.41) is 12.9. The quantitative estimate of drug-likeness (QED) is 0.227. The van der Waals surface area contributed by atoms with Gasteiger partial charge in [-0.05, 0) is 53.6 Å². The molecule has 49 heavy (non-hydrogen) atoms. The van der Waals surface area contributed by atoms with E-state index in [1.54, 1.807) is 26.9 Å². The van der Waals surface area contributed by atoms with E-state index in [1.165, 1.54) is 0 Å². The second-order valence-electron chi connectivity index (χ2n) is 14.3. The minimum absolute atomic E-state index is 0.109. The molecule has 0 radical (unpaired) electrons. The number of rotatable bonds is 13. The van der Waals surface area contributed by atoms with Gasteiger partial charge in [-0.2, -0.15) is 0 Å². The maximum absolute atomic E-state index is 15.3. The number of likely N-dealkylation sites (tertiary alicyclic amines) is 1. The van der Waals surface area contributed by atoms with Gasteiger partial charge in [0.2, 0.25) is 11.8 Å². The lowest BCUT2D eigenvalue weighted by Gasteiger charge is -2.41.